The third-order valence-corrected chi connectivity index (χ3v) is 3.33. The van der Waals surface area contributed by atoms with E-state index in [9.17, 15) is 4.79 Å². The summed E-state index contributed by atoms with van der Waals surface area (Å²) in [5.41, 5.74) is 0.423. The summed E-state index contributed by atoms with van der Waals surface area (Å²) in [5.74, 6) is 2.09. The number of nitrogens with one attached hydrogen (secondary N) is 2. The zero-order valence-electron chi connectivity index (χ0n) is 10.9. The highest BCUT2D eigenvalue weighted by molar-refractivity contribution is 5.48. The molecule has 2 aromatic rings. The van der Waals surface area contributed by atoms with Gasteiger partial charge in [-0.2, -0.15) is 5.10 Å². The van der Waals surface area contributed by atoms with Crippen LogP contribution in [0.3, 0.4) is 0 Å². The fourth-order valence-electron chi connectivity index (χ4n) is 2.38. The Labute approximate surface area is 110 Å². The van der Waals surface area contributed by atoms with Crippen molar-refractivity contribution in [2.24, 2.45) is 5.92 Å². The van der Waals surface area contributed by atoms with E-state index in [1.807, 2.05) is 0 Å². The largest absolute Gasteiger partial charge is 0.307 e. The molecule has 1 aliphatic rings. The van der Waals surface area contributed by atoms with E-state index >= 15 is 0 Å². The van der Waals surface area contributed by atoms with E-state index in [0.29, 0.717) is 17.4 Å². The summed E-state index contributed by atoms with van der Waals surface area (Å²) in [4.78, 5) is 11.1. The molecule has 0 aliphatic carbocycles. The highest BCUT2D eigenvalue weighted by atomic mass is 16.1. The summed E-state index contributed by atoms with van der Waals surface area (Å²) in [6.45, 7) is 5.99. The molecule has 0 amide bonds. The summed E-state index contributed by atoms with van der Waals surface area (Å²) in [5, 5.41) is 18.4. The minimum absolute atomic E-state index is 0.206. The summed E-state index contributed by atoms with van der Waals surface area (Å²) in [6.07, 6.45) is 0. The zero-order chi connectivity index (χ0) is 13.4. The lowest BCUT2D eigenvalue weighted by atomic mass is 10.0. The average Bonchev–Trinajstić information content (AvgIpc) is 2.83. The molecule has 1 atom stereocenters. The normalized spacial score (nSPS) is 18.6. The van der Waals surface area contributed by atoms with E-state index in [1.54, 1.807) is 6.07 Å². The molecule has 7 nitrogen and oxygen atoms in total. The van der Waals surface area contributed by atoms with E-state index in [-0.39, 0.29) is 11.6 Å². The van der Waals surface area contributed by atoms with Gasteiger partial charge in [0.25, 0.3) is 5.56 Å². The highest BCUT2D eigenvalue weighted by Gasteiger charge is 2.27. The second-order valence-electron chi connectivity index (χ2n) is 5.02. The molecule has 0 radical (unpaired) electrons. The summed E-state index contributed by atoms with van der Waals surface area (Å²) in [6, 6.07) is 3.32. The van der Waals surface area contributed by atoms with Gasteiger partial charge in [0.15, 0.2) is 11.6 Å². The molecule has 3 rings (SSSR count). The Bertz CT molecular complexity index is 623. The molecular weight excluding hydrogens is 244 g/mol. The third kappa shape index (κ3) is 2.06. The molecule has 0 saturated heterocycles. The zero-order valence-corrected chi connectivity index (χ0v) is 10.9. The van der Waals surface area contributed by atoms with Gasteiger partial charge in [0, 0.05) is 19.2 Å². The summed E-state index contributed by atoms with van der Waals surface area (Å²) >= 11 is 0. The van der Waals surface area contributed by atoms with Gasteiger partial charge < -0.3 is 9.88 Å². The fourth-order valence-corrected chi connectivity index (χ4v) is 2.38. The van der Waals surface area contributed by atoms with Crippen molar-refractivity contribution in [1.29, 1.82) is 0 Å². The number of fused-ring (bicyclic) bond motifs is 1. The molecule has 0 bridgehead atoms. The Morgan fingerprint density at radius 1 is 1.37 bits per heavy atom. The van der Waals surface area contributed by atoms with Gasteiger partial charge in [-0.15, -0.1) is 10.2 Å². The molecule has 2 N–H and O–H groups in total. The predicted molar refractivity (Wildman–Crippen MR) is 69.5 cm³/mol. The van der Waals surface area contributed by atoms with Gasteiger partial charge in [-0.05, 0) is 12.0 Å². The lowest BCUT2D eigenvalue weighted by Crippen LogP contribution is -2.36. The van der Waals surface area contributed by atoms with Crippen LogP contribution in [0.15, 0.2) is 16.9 Å². The number of aromatic nitrogens is 5. The molecule has 0 spiro atoms. The summed E-state index contributed by atoms with van der Waals surface area (Å²) in [7, 11) is 0. The van der Waals surface area contributed by atoms with Gasteiger partial charge in [-0.1, -0.05) is 13.8 Å². The van der Waals surface area contributed by atoms with E-state index in [4.69, 9.17) is 0 Å². The molecular formula is C12H16N6O. The smallest absolute Gasteiger partial charge is 0.264 e. The van der Waals surface area contributed by atoms with Crippen LogP contribution < -0.4 is 10.9 Å². The average molecular weight is 260 g/mol. The second-order valence-corrected chi connectivity index (χ2v) is 5.02. The van der Waals surface area contributed by atoms with E-state index < -0.39 is 0 Å². The molecule has 0 saturated carbocycles. The maximum atomic E-state index is 11.1. The molecule has 1 aliphatic heterocycles. The van der Waals surface area contributed by atoms with Crippen molar-refractivity contribution in [2.45, 2.75) is 26.4 Å². The van der Waals surface area contributed by atoms with Gasteiger partial charge in [0.05, 0.1) is 6.04 Å². The first-order valence-corrected chi connectivity index (χ1v) is 6.39. The standard InChI is InChI=1S/C12H16N6O/c1-7(2)10-12-17-16-11(18(12)6-5-13-10)8-3-4-9(19)15-14-8/h3-4,7,10,13H,5-6H2,1-2H3,(H,15,19). The topological polar surface area (TPSA) is 88.5 Å². The van der Waals surface area contributed by atoms with E-state index in [2.05, 4.69) is 44.1 Å². The van der Waals surface area contributed by atoms with Crippen molar-refractivity contribution < 1.29 is 0 Å². The van der Waals surface area contributed by atoms with E-state index in [0.717, 1.165) is 18.9 Å². The van der Waals surface area contributed by atoms with Gasteiger partial charge in [-0.25, -0.2) is 5.10 Å². The van der Waals surface area contributed by atoms with Crippen molar-refractivity contribution in [3.8, 4) is 11.5 Å². The van der Waals surface area contributed by atoms with Crippen molar-refractivity contribution in [3.05, 3.63) is 28.3 Å². The number of aromatic amines is 1. The molecule has 19 heavy (non-hydrogen) atoms. The van der Waals surface area contributed by atoms with Crippen LogP contribution in [0.5, 0.6) is 0 Å². The predicted octanol–water partition coefficient (Wildman–Crippen LogP) is 0.329. The molecule has 3 heterocycles. The number of hydrogen-bond donors (Lipinski definition) is 2. The fraction of sp³-hybridized carbons (Fsp3) is 0.500. The van der Waals surface area contributed by atoms with Crippen molar-refractivity contribution in [2.75, 3.05) is 6.54 Å². The molecule has 7 heteroatoms. The first kappa shape index (κ1) is 12.0. The lowest BCUT2D eigenvalue weighted by Gasteiger charge is -2.27. The Kier molecular flexibility index (Phi) is 2.90. The lowest BCUT2D eigenvalue weighted by molar-refractivity contribution is 0.339. The quantitative estimate of drug-likeness (QED) is 0.812. The SMILES string of the molecule is CC(C)C1NCCn2c(-c3ccc(=O)[nH]n3)nnc21. The Morgan fingerprint density at radius 3 is 2.89 bits per heavy atom. The Hall–Kier alpha value is -2.02. The minimum atomic E-state index is -0.219. The number of H-pyrrole nitrogens is 1. The van der Waals surface area contributed by atoms with Gasteiger partial charge in [0.2, 0.25) is 0 Å². The van der Waals surface area contributed by atoms with Crippen LogP contribution in [0.2, 0.25) is 0 Å². The van der Waals surface area contributed by atoms with Gasteiger partial charge >= 0.3 is 0 Å². The summed E-state index contributed by atoms with van der Waals surface area (Å²) < 4.78 is 2.07. The minimum Gasteiger partial charge on any atom is -0.307 e. The van der Waals surface area contributed by atoms with Crippen LogP contribution >= 0.6 is 0 Å². The number of nitrogens with zero attached hydrogens (tertiary/aromatic N) is 4. The van der Waals surface area contributed by atoms with Crippen molar-refractivity contribution in [3.63, 3.8) is 0 Å². The molecule has 0 fully saturated rings. The van der Waals surface area contributed by atoms with Crippen LogP contribution in [0.25, 0.3) is 11.5 Å². The maximum Gasteiger partial charge on any atom is 0.264 e. The van der Waals surface area contributed by atoms with Crippen LogP contribution in [-0.4, -0.2) is 31.5 Å². The highest BCUT2D eigenvalue weighted by Crippen LogP contribution is 2.26. The second kappa shape index (κ2) is 4.58. The Morgan fingerprint density at radius 2 is 2.21 bits per heavy atom. The molecule has 100 valence electrons. The maximum absolute atomic E-state index is 11.1. The molecule has 2 aromatic heterocycles. The van der Waals surface area contributed by atoms with Crippen molar-refractivity contribution >= 4 is 0 Å². The first-order chi connectivity index (χ1) is 9.16. The van der Waals surface area contributed by atoms with Crippen LogP contribution in [0.4, 0.5) is 0 Å². The van der Waals surface area contributed by atoms with Crippen LogP contribution in [-0.2, 0) is 6.54 Å². The third-order valence-electron chi connectivity index (χ3n) is 3.33. The van der Waals surface area contributed by atoms with Crippen LogP contribution in [0.1, 0.15) is 25.7 Å². The number of hydrogen-bond acceptors (Lipinski definition) is 5. The first-order valence-electron chi connectivity index (χ1n) is 6.39. The van der Waals surface area contributed by atoms with Crippen LogP contribution in [0, 0.1) is 5.92 Å². The van der Waals surface area contributed by atoms with Crippen molar-refractivity contribution in [1.82, 2.24) is 30.3 Å². The van der Waals surface area contributed by atoms with Gasteiger partial charge in [-0.3, -0.25) is 4.79 Å². The molecule has 1 unspecified atom stereocenters. The van der Waals surface area contributed by atoms with Gasteiger partial charge in [0.1, 0.15) is 5.69 Å². The Balaban J connectivity index is 2.05. The van der Waals surface area contributed by atoms with E-state index in [1.165, 1.54) is 6.07 Å². The number of rotatable bonds is 2. The molecule has 0 aromatic carbocycles. The monoisotopic (exact) mass is 260 g/mol.